The molecule has 1 atom stereocenters. The van der Waals surface area contributed by atoms with E-state index in [-0.39, 0.29) is 0 Å². The minimum atomic E-state index is 0.908. The van der Waals surface area contributed by atoms with E-state index in [1.54, 1.807) is 9.80 Å². The molecule has 0 bridgehead atoms. The minimum absolute atomic E-state index is 0.908. The Hall–Kier alpha value is -0.860. The van der Waals surface area contributed by atoms with Crippen molar-refractivity contribution in [3.63, 3.8) is 0 Å². The van der Waals surface area contributed by atoms with Crippen LogP contribution >= 0.6 is 0 Å². The molecule has 19 heavy (non-hydrogen) atoms. The van der Waals surface area contributed by atoms with Gasteiger partial charge >= 0.3 is 0 Å². The third-order valence-electron chi connectivity index (χ3n) is 4.61. The van der Waals surface area contributed by atoms with Gasteiger partial charge in [-0.3, -0.25) is 0 Å². The second-order valence-corrected chi connectivity index (χ2v) is 6.14. The topological polar surface area (TPSA) is 8.88 Å². The van der Waals surface area contributed by atoms with Crippen molar-refractivity contribution in [1.29, 1.82) is 0 Å². The lowest BCUT2D eigenvalue weighted by Crippen LogP contribution is -3.18. The fraction of sp³-hybridized carbons (Fsp3) is 0.647. The monoisotopic (exact) mass is 262 g/mol. The molecule has 1 aliphatic heterocycles. The SMILES string of the molecule is CCCC[NH+](C)C1CC[NH+](Cc2ccccc2)CC1. The summed E-state index contributed by atoms with van der Waals surface area (Å²) in [6.45, 7) is 7.56. The predicted molar refractivity (Wildman–Crippen MR) is 80.5 cm³/mol. The number of quaternary nitrogens is 2. The van der Waals surface area contributed by atoms with Crippen LogP contribution in [0.4, 0.5) is 0 Å². The number of likely N-dealkylation sites (tertiary alicyclic amines) is 1. The van der Waals surface area contributed by atoms with Crippen LogP contribution < -0.4 is 9.80 Å². The third-order valence-corrected chi connectivity index (χ3v) is 4.61. The molecule has 1 aromatic carbocycles. The largest absolute Gasteiger partial charge is 0.335 e. The Bertz CT molecular complexity index is 342. The molecule has 2 N–H and O–H groups in total. The van der Waals surface area contributed by atoms with Crippen LogP contribution in [0, 0.1) is 0 Å². The Kier molecular flexibility index (Phi) is 5.87. The summed E-state index contributed by atoms with van der Waals surface area (Å²) in [4.78, 5) is 3.53. The van der Waals surface area contributed by atoms with E-state index in [1.807, 2.05) is 0 Å². The Morgan fingerprint density at radius 3 is 2.47 bits per heavy atom. The maximum absolute atomic E-state index is 2.39. The van der Waals surface area contributed by atoms with Gasteiger partial charge in [0.2, 0.25) is 0 Å². The van der Waals surface area contributed by atoms with E-state index in [0.29, 0.717) is 0 Å². The van der Waals surface area contributed by atoms with Crippen LogP contribution in [0.5, 0.6) is 0 Å². The molecular weight excluding hydrogens is 232 g/mol. The Morgan fingerprint density at radius 2 is 1.84 bits per heavy atom. The zero-order chi connectivity index (χ0) is 13.5. The molecule has 1 heterocycles. The van der Waals surface area contributed by atoms with Gasteiger partial charge in [0.15, 0.2) is 0 Å². The smallest absolute Gasteiger partial charge is 0.103 e. The Balaban J connectivity index is 1.73. The molecule has 2 nitrogen and oxygen atoms in total. The van der Waals surface area contributed by atoms with Gasteiger partial charge in [0.1, 0.15) is 6.54 Å². The summed E-state index contributed by atoms with van der Waals surface area (Å²) < 4.78 is 0. The Labute approximate surface area is 118 Å². The van der Waals surface area contributed by atoms with Crippen LogP contribution in [0.25, 0.3) is 0 Å². The number of hydrogen-bond donors (Lipinski definition) is 2. The molecule has 1 aromatic rings. The maximum Gasteiger partial charge on any atom is 0.103 e. The molecular formula is C17H30N2+2. The lowest BCUT2D eigenvalue weighted by atomic mass is 10.0. The first kappa shape index (κ1) is 14.5. The molecule has 1 fully saturated rings. The lowest BCUT2D eigenvalue weighted by Gasteiger charge is -2.32. The van der Waals surface area contributed by atoms with Crippen LogP contribution in [0.2, 0.25) is 0 Å². The molecule has 0 radical (unpaired) electrons. The fourth-order valence-corrected chi connectivity index (χ4v) is 3.24. The van der Waals surface area contributed by atoms with E-state index in [9.17, 15) is 0 Å². The first-order valence-corrected chi connectivity index (χ1v) is 7.99. The van der Waals surface area contributed by atoms with Crippen LogP contribution in [0.15, 0.2) is 30.3 Å². The normalized spacial score (nSPS) is 25.2. The highest BCUT2D eigenvalue weighted by Crippen LogP contribution is 1.99. The van der Waals surface area contributed by atoms with Crippen molar-refractivity contribution in [2.75, 3.05) is 26.7 Å². The number of piperidine rings is 1. The molecule has 0 saturated carbocycles. The molecule has 2 rings (SSSR count). The van der Waals surface area contributed by atoms with E-state index in [2.05, 4.69) is 44.3 Å². The van der Waals surface area contributed by atoms with Crippen molar-refractivity contribution >= 4 is 0 Å². The van der Waals surface area contributed by atoms with Crippen molar-refractivity contribution in [2.24, 2.45) is 0 Å². The molecule has 1 saturated heterocycles. The zero-order valence-corrected chi connectivity index (χ0v) is 12.6. The van der Waals surface area contributed by atoms with Gasteiger partial charge in [-0.1, -0.05) is 43.7 Å². The molecule has 106 valence electrons. The average Bonchev–Trinajstić information content (AvgIpc) is 2.46. The Morgan fingerprint density at radius 1 is 1.16 bits per heavy atom. The standard InChI is InChI=1S/C17H28N2/c1-3-4-12-18(2)17-10-13-19(14-11-17)15-16-8-6-5-7-9-16/h5-9,17H,3-4,10-15H2,1-2H3/p+2. The van der Waals surface area contributed by atoms with Crippen molar-refractivity contribution < 1.29 is 9.80 Å². The summed E-state index contributed by atoms with van der Waals surface area (Å²) in [6, 6.07) is 11.9. The van der Waals surface area contributed by atoms with Crippen LogP contribution in [-0.4, -0.2) is 32.7 Å². The highest BCUT2D eigenvalue weighted by Gasteiger charge is 2.27. The summed E-state index contributed by atoms with van der Waals surface area (Å²) >= 11 is 0. The minimum Gasteiger partial charge on any atom is -0.335 e. The average molecular weight is 262 g/mol. The van der Waals surface area contributed by atoms with Gasteiger partial charge in [-0.05, 0) is 6.42 Å². The summed E-state index contributed by atoms with van der Waals surface area (Å²) in [5, 5.41) is 0. The van der Waals surface area contributed by atoms with E-state index < -0.39 is 0 Å². The van der Waals surface area contributed by atoms with Gasteiger partial charge in [-0.25, -0.2) is 0 Å². The third kappa shape index (κ3) is 4.63. The number of nitrogens with one attached hydrogen (secondary N) is 2. The first-order chi connectivity index (χ1) is 9.29. The molecule has 0 spiro atoms. The maximum atomic E-state index is 2.39. The van der Waals surface area contributed by atoms with Crippen molar-refractivity contribution in [1.82, 2.24) is 0 Å². The first-order valence-electron chi connectivity index (χ1n) is 7.99. The molecule has 1 aliphatic rings. The van der Waals surface area contributed by atoms with Crippen molar-refractivity contribution in [3.8, 4) is 0 Å². The van der Waals surface area contributed by atoms with Gasteiger partial charge in [0.25, 0.3) is 0 Å². The van der Waals surface area contributed by atoms with E-state index >= 15 is 0 Å². The second-order valence-electron chi connectivity index (χ2n) is 6.14. The summed E-state index contributed by atoms with van der Waals surface area (Å²) in [6.07, 6.45) is 5.51. The van der Waals surface area contributed by atoms with E-state index in [4.69, 9.17) is 0 Å². The predicted octanol–water partition coefficient (Wildman–Crippen LogP) is 0.549. The van der Waals surface area contributed by atoms with Crippen LogP contribution in [-0.2, 0) is 6.54 Å². The van der Waals surface area contributed by atoms with Gasteiger partial charge in [-0.15, -0.1) is 0 Å². The van der Waals surface area contributed by atoms with E-state index in [1.165, 1.54) is 57.4 Å². The number of hydrogen-bond acceptors (Lipinski definition) is 0. The fourth-order valence-electron chi connectivity index (χ4n) is 3.24. The number of rotatable bonds is 6. The lowest BCUT2D eigenvalue weighted by molar-refractivity contribution is -0.954. The van der Waals surface area contributed by atoms with Crippen molar-refractivity contribution in [2.45, 2.75) is 45.2 Å². The number of benzene rings is 1. The quantitative estimate of drug-likeness (QED) is 0.741. The highest BCUT2D eigenvalue weighted by molar-refractivity contribution is 5.13. The van der Waals surface area contributed by atoms with Gasteiger partial charge in [0, 0.05) is 18.4 Å². The molecule has 0 amide bonds. The molecule has 2 heteroatoms. The highest BCUT2D eigenvalue weighted by atomic mass is 15.2. The van der Waals surface area contributed by atoms with Crippen LogP contribution in [0.1, 0.15) is 38.2 Å². The van der Waals surface area contributed by atoms with Crippen molar-refractivity contribution in [3.05, 3.63) is 35.9 Å². The van der Waals surface area contributed by atoms with Crippen LogP contribution in [0.3, 0.4) is 0 Å². The summed E-state index contributed by atoms with van der Waals surface area (Å²) in [7, 11) is 2.39. The van der Waals surface area contributed by atoms with Gasteiger partial charge in [-0.2, -0.15) is 0 Å². The number of unbranched alkanes of at least 4 members (excludes halogenated alkanes) is 1. The second kappa shape index (κ2) is 7.66. The molecule has 1 unspecified atom stereocenters. The summed E-state index contributed by atoms with van der Waals surface area (Å²) in [5.41, 5.74) is 1.49. The van der Waals surface area contributed by atoms with Gasteiger partial charge in [0.05, 0.1) is 32.7 Å². The van der Waals surface area contributed by atoms with Gasteiger partial charge < -0.3 is 9.80 Å². The molecule has 0 aromatic heterocycles. The summed E-state index contributed by atoms with van der Waals surface area (Å²) in [5.74, 6) is 0. The zero-order valence-electron chi connectivity index (χ0n) is 12.6. The van der Waals surface area contributed by atoms with E-state index in [0.717, 1.165) is 6.04 Å². The molecule has 0 aliphatic carbocycles.